The summed E-state index contributed by atoms with van der Waals surface area (Å²) < 4.78 is 5.00. The molecule has 1 aliphatic heterocycles. The third-order valence-electron chi connectivity index (χ3n) is 6.23. The molecule has 2 N–H and O–H groups in total. The molecule has 5 nitrogen and oxygen atoms in total. The number of ether oxygens (including phenoxy) is 1. The summed E-state index contributed by atoms with van der Waals surface area (Å²) in [6.07, 6.45) is 7.22. The Labute approximate surface area is 163 Å². The SMILES string of the molecule is COCC(=O)N[C@H]1[C@H](c2ccccc2)N(CC2CCCCC2)CC[C@@]1(C)O. The largest absolute Gasteiger partial charge is 0.388 e. The third kappa shape index (κ3) is 5.09. The molecule has 5 heteroatoms. The van der Waals surface area contributed by atoms with Crippen molar-refractivity contribution < 1.29 is 14.6 Å². The van der Waals surface area contributed by atoms with Crippen LogP contribution in [-0.2, 0) is 9.53 Å². The monoisotopic (exact) mass is 374 g/mol. The topological polar surface area (TPSA) is 61.8 Å². The lowest BCUT2D eigenvalue weighted by molar-refractivity contribution is -0.132. The summed E-state index contributed by atoms with van der Waals surface area (Å²) in [6, 6.07) is 9.90. The summed E-state index contributed by atoms with van der Waals surface area (Å²) in [6.45, 7) is 3.74. The van der Waals surface area contributed by atoms with Gasteiger partial charge in [0.1, 0.15) is 6.61 Å². The Morgan fingerprint density at radius 2 is 1.96 bits per heavy atom. The maximum Gasteiger partial charge on any atom is 0.246 e. The number of nitrogens with zero attached hydrogens (tertiary/aromatic N) is 1. The van der Waals surface area contributed by atoms with E-state index in [-0.39, 0.29) is 24.6 Å². The predicted octanol–water partition coefficient (Wildman–Crippen LogP) is 2.90. The van der Waals surface area contributed by atoms with Crippen LogP contribution in [0.25, 0.3) is 0 Å². The van der Waals surface area contributed by atoms with Gasteiger partial charge in [0.05, 0.1) is 17.7 Å². The van der Waals surface area contributed by atoms with Gasteiger partial charge in [-0.15, -0.1) is 0 Å². The Balaban J connectivity index is 1.86. The van der Waals surface area contributed by atoms with E-state index in [9.17, 15) is 9.90 Å². The Bertz CT molecular complexity index is 599. The lowest BCUT2D eigenvalue weighted by Gasteiger charge is -2.50. The summed E-state index contributed by atoms with van der Waals surface area (Å²) in [7, 11) is 1.52. The van der Waals surface area contributed by atoms with Crippen LogP contribution in [-0.4, -0.2) is 54.4 Å². The number of hydrogen-bond acceptors (Lipinski definition) is 4. The van der Waals surface area contributed by atoms with E-state index < -0.39 is 5.60 Å². The van der Waals surface area contributed by atoms with E-state index in [1.165, 1.54) is 39.2 Å². The summed E-state index contributed by atoms with van der Waals surface area (Å²) in [4.78, 5) is 14.8. The van der Waals surface area contributed by atoms with E-state index in [1.54, 1.807) is 0 Å². The molecule has 2 aliphatic rings. The van der Waals surface area contributed by atoms with E-state index in [0.29, 0.717) is 12.3 Å². The molecule has 0 aromatic heterocycles. The van der Waals surface area contributed by atoms with Gasteiger partial charge in [-0.25, -0.2) is 0 Å². The van der Waals surface area contributed by atoms with E-state index in [2.05, 4.69) is 22.3 Å². The average Bonchev–Trinajstić information content (AvgIpc) is 2.66. The highest BCUT2D eigenvalue weighted by Crippen LogP contribution is 2.38. The fourth-order valence-electron chi connectivity index (χ4n) is 4.76. The molecular formula is C22H34N2O3. The van der Waals surface area contributed by atoms with E-state index >= 15 is 0 Å². The van der Waals surface area contributed by atoms with Gasteiger partial charge < -0.3 is 15.2 Å². The summed E-state index contributed by atoms with van der Waals surface area (Å²) in [5.41, 5.74) is 0.198. The van der Waals surface area contributed by atoms with Gasteiger partial charge in [0, 0.05) is 20.2 Å². The highest BCUT2D eigenvalue weighted by Gasteiger charge is 2.46. The minimum absolute atomic E-state index is 0.0106. The van der Waals surface area contributed by atoms with E-state index in [1.807, 2.05) is 25.1 Å². The van der Waals surface area contributed by atoms with Crippen LogP contribution in [0.3, 0.4) is 0 Å². The van der Waals surface area contributed by atoms with E-state index in [4.69, 9.17) is 4.74 Å². The van der Waals surface area contributed by atoms with Crippen LogP contribution in [0.5, 0.6) is 0 Å². The van der Waals surface area contributed by atoms with Crippen LogP contribution in [0, 0.1) is 5.92 Å². The molecule has 3 rings (SSSR count). The molecule has 0 unspecified atom stereocenters. The zero-order chi connectivity index (χ0) is 19.3. The maximum atomic E-state index is 12.3. The number of amides is 1. The number of piperidine rings is 1. The van der Waals surface area contributed by atoms with Gasteiger partial charge in [0.25, 0.3) is 0 Å². The second kappa shape index (κ2) is 9.18. The van der Waals surface area contributed by atoms with Crippen LogP contribution in [0.1, 0.15) is 57.1 Å². The molecule has 27 heavy (non-hydrogen) atoms. The molecule has 1 amide bonds. The molecule has 1 aliphatic carbocycles. The normalized spacial score (nSPS) is 30.2. The number of benzene rings is 1. The summed E-state index contributed by atoms with van der Waals surface area (Å²) in [5.74, 6) is 0.534. The number of nitrogens with one attached hydrogen (secondary N) is 1. The Kier molecular flexibility index (Phi) is 6.90. The minimum Gasteiger partial charge on any atom is -0.388 e. The third-order valence-corrected chi connectivity index (χ3v) is 6.23. The van der Waals surface area contributed by atoms with Gasteiger partial charge in [-0.2, -0.15) is 0 Å². The van der Waals surface area contributed by atoms with Crippen molar-refractivity contribution in [2.75, 3.05) is 26.8 Å². The van der Waals surface area contributed by atoms with E-state index in [0.717, 1.165) is 18.7 Å². The molecule has 0 radical (unpaired) electrons. The lowest BCUT2D eigenvalue weighted by atomic mass is 9.78. The molecule has 150 valence electrons. The molecule has 3 atom stereocenters. The van der Waals surface area contributed by atoms with Crippen molar-refractivity contribution >= 4 is 5.91 Å². The quantitative estimate of drug-likeness (QED) is 0.804. The molecule has 1 saturated carbocycles. The Morgan fingerprint density at radius 3 is 2.63 bits per heavy atom. The Hall–Kier alpha value is -1.43. The van der Waals surface area contributed by atoms with Gasteiger partial charge in [0.2, 0.25) is 5.91 Å². The summed E-state index contributed by atoms with van der Waals surface area (Å²) >= 11 is 0. The van der Waals surface area contributed by atoms with Crippen molar-refractivity contribution in [3.8, 4) is 0 Å². The molecular weight excluding hydrogens is 340 g/mol. The Morgan fingerprint density at radius 1 is 1.26 bits per heavy atom. The lowest BCUT2D eigenvalue weighted by Crippen LogP contribution is -2.63. The molecule has 1 aromatic rings. The second-order valence-electron chi connectivity index (χ2n) is 8.44. The predicted molar refractivity (Wildman–Crippen MR) is 106 cm³/mol. The smallest absolute Gasteiger partial charge is 0.246 e. The number of carbonyl (C=O) groups is 1. The van der Waals surface area contributed by atoms with Crippen molar-refractivity contribution in [1.82, 2.24) is 10.2 Å². The average molecular weight is 375 g/mol. The van der Waals surface area contributed by atoms with Crippen LogP contribution in [0.4, 0.5) is 0 Å². The minimum atomic E-state index is -0.951. The maximum absolute atomic E-state index is 12.3. The van der Waals surface area contributed by atoms with Crippen LogP contribution in [0.2, 0.25) is 0 Å². The molecule has 1 aromatic carbocycles. The number of carbonyl (C=O) groups excluding carboxylic acids is 1. The molecule has 0 bridgehead atoms. The molecule has 2 fully saturated rings. The fraction of sp³-hybridized carbons (Fsp3) is 0.682. The van der Waals surface area contributed by atoms with Crippen molar-refractivity contribution in [2.45, 2.75) is 63.1 Å². The highest BCUT2D eigenvalue weighted by molar-refractivity contribution is 5.77. The fourth-order valence-corrected chi connectivity index (χ4v) is 4.76. The number of aliphatic hydroxyl groups is 1. The van der Waals surface area contributed by atoms with Crippen LogP contribution < -0.4 is 5.32 Å². The van der Waals surface area contributed by atoms with Crippen molar-refractivity contribution in [1.29, 1.82) is 0 Å². The van der Waals surface area contributed by atoms with Crippen molar-refractivity contribution in [2.24, 2.45) is 5.92 Å². The van der Waals surface area contributed by atoms with Gasteiger partial charge in [0.15, 0.2) is 0 Å². The van der Waals surface area contributed by atoms with Gasteiger partial charge >= 0.3 is 0 Å². The first kappa shape index (κ1) is 20.3. The number of hydrogen-bond donors (Lipinski definition) is 2. The van der Waals surface area contributed by atoms with Crippen molar-refractivity contribution in [3.63, 3.8) is 0 Å². The van der Waals surface area contributed by atoms with Crippen molar-refractivity contribution in [3.05, 3.63) is 35.9 Å². The molecule has 0 spiro atoms. The standard InChI is InChI=1S/C22H34N2O3/c1-22(26)13-14-24(15-17-9-5-3-6-10-17)20(18-11-7-4-8-12-18)21(22)23-19(25)16-27-2/h4,7-8,11-12,17,20-21,26H,3,5-6,9-10,13-16H2,1-2H3,(H,23,25)/t20-,21-,22+/m0/s1. The number of rotatable bonds is 6. The number of likely N-dealkylation sites (tertiary alicyclic amines) is 1. The van der Waals surface area contributed by atoms with Crippen LogP contribution >= 0.6 is 0 Å². The number of methoxy groups -OCH3 is 1. The van der Waals surface area contributed by atoms with Gasteiger partial charge in [-0.3, -0.25) is 9.69 Å². The first-order valence-corrected chi connectivity index (χ1v) is 10.3. The first-order valence-electron chi connectivity index (χ1n) is 10.3. The zero-order valence-corrected chi connectivity index (χ0v) is 16.7. The summed E-state index contributed by atoms with van der Waals surface area (Å²) in [5, 5.41) is 14.2. The molecule has 1 saturated heterocycles. The first-order chi connectivity index (χ1) is 13.0. The van der Waals surface area contributed by atoms with Crippen LogP contribution in [0.15, 0.2) is 30.3 Å². The van der Waals surface area contributed by atoms with Gasteiger partial charge in [-0.05, 0) is 37.7 Å². The second-order valence-corrected chi connectivity index (χ2v) is 8.44. The van der Waals surface area contributed by atoms with Gasteiger partial charge in [-0.1, -0.05) is 49.6 Å². The zero-order valence-electron chi connectivity index (χ0n) is 16.7. The molecule has 1 heterocycles. The highest BCUT2D eigenvalue weighted by atomic mass is 16.5.